The van der Waals surface area contributed by atoms with Crippen LogP contribution in [0.4, 0.5) is 4.79 Å². The van der Waals surface area contributed by atoms with Crippen molar-refractivity contribution in [1.82, 2.24) is 5.32 Å². The van der Waals surface area contributed by atoms with Crippen LogP contribution in [0.25, 0.3) is 0 Å². The molecule has 6 nitrogen and oxygen atoms in total. The zero-order valence-corrected chi connectivity index (χ0v) is 18.2. The molecule has 0 saturated carbocycles. The van der Waals surface area contributed by atoms with E-state index in [-0.39, 0.29) is 31.7 Å². The van der Waals surface area contributed by atoms with Crippen molar-refractivity contribution in [2.75, 3.05) is 0 Å². The van der Waals surface area contributed by atoms with Crippen LogP contribution in [0.5, 0.6) is 0 Å². The quantitative estimate of drug-likeness (QED) is 0.456. The van der Waals surface area contributed by atoms with Gasteiger partial charge in [0.25, 0.3) is 0 Å². The molecular formula is C27H27NO5. The standard InChI is InChI=1S/C27H27NO5/c29-25(18-23(26(30)31)16-20-10-4-1-5-11-20)24(17-21-12-6-2-7-13-21)28-27(32)33-19-22-14-8-3-9-15-22/h1-15,23-24H,16-19H2,(H,28,32)(H,30,31)/t23-,24+/m1/s1. The molecule has 0 fully saturated rings. The third kappa shape index (κ3) is 7.92. The summed E-state index contributed by atoms with van der Waals surface area (Å²) in [4.78, 5) is 37.4. The number of hydrogen-bond acceptors (Lipinski definition) is 4. The minimum absolute atomic E-state index is 0.0741. The van der Waals surface area contributed by atoms with E-state index in [2.05, 4.69) is 5.32 Å². The number of carboxylic acids is 1. The highest BCUT2D eigenvalue weighted by molar-refractivity contribution is 5.90. The maximum Gasteiger partial charge on any atom is 0.408 e. The normalized spacial score (nSPS) is 12.4. The lowest BCUT2D eigenvalue weighted by molar-refractivity contribution is -0.143. The van der Waals surface area contributed by atoms with Crippen LogP contribution in [-0.2, 0) is 33.8 Å². The molecule has 3 aromatic rings. The van der Waals surface area contributed by atoms with E-state index < -0.39 is 24.0 Å². The van der Waals surface area contributed by atoms with Crippen molar-refractivity contribution in [3.63, 3.8) is 0 Å². The summed E-state index contributed by atoms with van der Waals surface area (Å²) in [6.07, 6.45) is -0.431. The minimum atomic E-state index is -1.04. The van der Waals surface area contributed by atoms with Crippen molar-refractivity contribution in [3.05, 3.63) is 108 Å². The lowest BCUT2D eigenvalue weighted by Crippen LogP contribution is -2.43. The Bertz CT molecular complexity index is 1040. The van der Waals surface area contributed by atoms with Gasteiger partial charge in [0, 0.05) is 6.42 Å². The second kappa shape index (κ2) is 12.2. The van der Waals surface area contributed by atoms with E-state index in [0.717, 1.165) is 16.7 Å². The van der Waals surface area contributed by atoms with Gasteiger partial charge >= 0.3 is 12.1 Å². The molecular weight excluding hydrogens is 418 g/mol. The molecule has 0 saturated heterocycles. The number of rotatable bonds is 11. The summed E-state index contributed by atoms with van der Waals surface area (Å²) in [5, 5.41) is 12.3. The van der Waals surface area contributed by atoms with Crippen LogP contribution in [0, 0.1) is 5.92 Å². The Morgan fingerprint density at radius 3 is 1.73 bits per heavy atom. The zero-order chi connectivity index (χ0) is 23.5. The summed E-state index contributed by atoms with van der Waals surface area (Å²) in [6.45, 7) is 0.0741. The summed E-state index contributed by atoms with van der Waals surface area (Å²) in [5.41, 5.74) is 2.52. The van der Waals surface area contributed by atoms with E-state index in [1.54, 1.807) is 0 Å². The van der Waals surface area contributed by atoms with E-state index in [4.69, 9.17) is 4.74 Å². The predicted octanol–water partition coefficient (Wildman–Crippen LogP) is 4.43. The predicted molar refractivity (Wildman–Crippen MR) is 125 cm³/mol. The molecule has 1 amide bonds. The van der Waals surface area contributed by atoms with Crippen molar-refractivity contribution >= 4 is 17.8 Å². The Labute approximate surface area is 193 Å². The fourth-order valence-corrected chi connectivity index (χ4v) is 3.53. The smallest absolute Gasteiger partial charge is 0.408 e. The van der Waals surface area contributed by atoms with Gasteiger partial charge in [0.2, 0.25) is 0 Å². The molecule has 33 heavy (non-hydrogen) atoms. The number of hydrogen-bond donors (Lipinski definition) is 2. The zero-order valence-electron chi connectivity index (χ0n) is 18.2. The largest absolute Gasteiger partial charge is 0.481 e. The maximum atomic E-state index is 13.1. The van der Waals surface area contributed by atoms with E-state index in [0.29, 0.717) is 0 Å². The lowest BCUT2D eigenvalue weighted by Gasteiger charge is -2.20. The van der Waals surface area contributed by atoms with Crippen molar-refractivity contribution < 1.29 is 24.2 Å². The lowest BCUT2D eigenvalue weighted by atomic mass is 9.90. The second-order valence-corrected chi connectivity index (χ2v) is 7.84. The fourth-order valence-electron chi connectivity index (χ4n) is 3.53. The maximum absolute atomic E-state index is 13.1. The average molecular weight is 446 g/mol. The number of amides is 1. The molecule has 3 aromatic carbocycles. The van der Waals surface area contributed by atoms with Crippen LogP contribution in [0.3, 0.4) is 0 Å². The molecule has 0 heterocycles. The van der Waals surface area contributed by atoms with Gasteiger partial charge in [0.1, 0.15) is 6.61 Å². The van der Waals surface area contributed by atoms with Crippen LogP contribution < -0.4 is 5.32 Å². The number of benzene rings is 3. The number of aliphatic carboxylic acids is 1. The molecule has 0 spiro atoms. The molecule has 0 aliphatic carbocycles. The van der Waals surface area contributed by atoms with Gasteiger partial charge in [-0.05, 0) is 29.5 Å². The Morgan fingerprint density at radius 1 is 0.727 bits per heavy atom. The number of nitrogens with one attached hydrogen (secondary N) is 1. The molecule has 0 aliphatic rings. The Kier molecular flexibility index (Phi) is 8.77. The van der Waals surface area contributed by atoms with E-state index in [1.807, 2.05) is 91.0 Å². The highest BCUT2D eigenvalue weighted by atomic mass is 16.5. The molecule has 2 N–H and O–H groups in total. The monoisotopic (exact) mass is 445 g/mol. The number of carbonyl (C=O) groups excluding carboxylic acids is 2. The molecule has 3 rings (SSSR count). The van der Waals surface area contributed by atoms with Crippen LogP contribution >= 0.6 is 0 Å². The molecule has 0 radical (unpaired) electrons. The van der Waals surface area contributed by atoms with Crippen molar-refractivity contribution in [2.24, 2.45) is 5.92 Å². The van der Waals surface area contributed by atoms with E-state index >= 15 is 0 Å². The summed E-state index contributed by atoms with van der Waals surface area (Å²) in [5.74, 6) is -2.28. The number of ketones is 1. The van der Waals surface area contributed by atoms with Gasteiger partial charge in [-0.15, -0.1) is 0 Å². The summed E-state index contributed by atoms with van der Waals surface area (Å²) in [7, 11) is 0. The highest BCUT2D eigenvalue weighted by Gasteiger charge is 2.28. The number of ether oxygens (including phenoxy) is 1. The number of carboxylic acid groups (broad SMARTS) is 1. The van der Waals surface area contributed by atoms with Crippen LogP contribution in [-0.4, -0.2) is 29.0 Å². The van der Waals surface area contributed by atoms with Gasteiger partial charge in [-0.3, -0.25) is 9.59 Å². The summed E-state index contributed by atoms with van der Waals surface area (Å²) < 4.78 is 5.28. The first-order chi connectivity index (χ1) is 16.0. The van der Waals surface area contributed by atoms with Gasteiger partial charge in [-0.1, -0.05) is 91.0 Å². The fraction of sp³-hybridized carbons (Fsp3) is 0.222. The first-order valence-electron chi connectivity index (χ1n) is 10.8. The highest BCUT2D eigenvalue weighted by Crippen LogP contribution is 2.16. The Balaban J connectivity index is 1.68. The number of carbonyl (C=O) groups is 3. The average Bonchev–Trinajstić information content (AvgIpc) is 2.84. The molecule has 0 unspecified atom stereocenters. The van der Waals surface area contributed by atoms with Crippen LogP contribution in [0.1, 0.15) is 23.1 Å². The van der Waals surface area contributed by atoms with Crippen LogP contribution in [0.2, 0.25) is 0 Å². The second-order valence-electron chi connectivity index (χ2n) is 7.84. The van der Waals surface area contributed by atoms with Gasteiger partial charge in [-0.2, -0.15) is 0 Å². The SMILES string of the molecule is O=C(N[C@@H](Cc1ccccc1)C(=O)C[C@@H](Cc1ccccc1)C(=O)O)OCc1ccccc1. The van der Waals surface area contributed by atoms with Crippen molar-refractivity contribution in [3.8, 4) is 0 Å². The van der Waals surface area contributed by atoms with Crippen LogP contribution in [0.15, 0.2) is 91.0 Å². The molecule has 2 atom stereocenters. The molecule has 170 valence electrons. The molecule has 6 heteroatoms. The van der Waals surface area contributed by atoms with E-state index in [1.165, 1.54) is 0 Å². The third-order valence-electron chi connectivity index (χ3n) is 5.30. The third-order valence-corrected chi connectivity index (χ3v) is 5.30. The topological polar surface area (TPSA) is 92.7 Å². The Hall–Kier alpha value is -3.93. The van der Waals surface area contributed by atoms with Crippen molar-refractivity contribution in [1.29, 1.82) is 0 Å². The summed E-state index contributed by atoms with van der Waals surface area (Å²) in [6, 6.07) is 26.8. The van der Waals surface area contributed by atoms with Crippen molar-refractivity contribution in [2.45, 2.75) is 31.9 Å². The Morgan fingerprint density at radius 2 is 1.21 bits per heavy atom. The van der Waals surface area contributed by atoms with Gasteiger partial charge < -0.3 is 15.2 Å². The van der Waals surface area contributed by atoms with Gasteiger partial charge in [-0.25, -0.2) is 4.79 Å². The van der Waals surface area contributed by atoms with E-state index in [9.17, 15) is 19.5 Å². The first kappa shape index (κ1) is 23.7. The number of Topliss-reactive ketones (excluding diaryl/α,β-unsaturated/α-hetero) is 1. The number of alkyl carbamates (subject to hydrolysis) is 1. The summed E-state index contributed by atoms with van der Waals surface area (Å²) >= 11 is 0. The molecule has 0 bridgehead atoms. The molecule has 0 aliphatic heterocycles. The van der Waals surface area contributed by atoms with Gasteiger partial charge in [0.15, 0.2) is 5.78 Å². The molecule has 0 aromatic heterocycles. The van der Waals surface area contributed by atoms with Gasteiger partial charge in [0.05, 0.1) is 12.0 Å². The minimum Gasteiger partial charge on any atom is -0.481 e. The first-order valence-corrected chi connectivity index (χ1v) is 10.8.